The van der Waals surface area contributed by atoms with E-state index >= 15 is 0 Å². The number of aryl methyl sites for hydroxylation is 1. The fraction of sp³-hybridized carbons (Fsp3) is 0.250. The molecule has 1 atom stereocenters. The topological polar surface area (TPSA) is 68.1 Å². The number of hydrogen-bond acceptors (Lipinski definition) is 5. The van der Waals surface area contributed by atoms with Gasteiger partial charge < -0.3 is 5.32 Å². The van der Waals surface area contributed by atoms with Gasteiger partial charge in [0.1, 0.15) is 5.02 Å². The van der Waals surface area contributed by atoms with Crippen LogP contribution in [-0.2, 0) is 0 Å². The molecule has 2 rings (SSSR count). The molecule has 1 aromatic heterocycles. The first-order valence-electron chi connectivity index (χ1n) is 5.59. The summed E-state index contributed by atoms with van der Waals surface area (Å²) in [6.07, 6.45) is 0. The molecule has 1 aromatic carbocycles. The van der Waals surface area contributed by atoms with Gasteiger partial charge >= 0.3 is 0 Å². The van der Waals surface area contributed by atoms with E-state index in [2.05, 4.69) is 10.3 Å². The molecule has 0 aliphatic heterocycles. The largest absolute Gasteiger partial charge is 0.377 e. The average Bonchev–Trinajstić information content (AvgIpc) is 2.77. The molecular formula is C12H12ClN3O2S. The summed E-state index contributed by atoms with van der Waals surface area (Å²) in [4.78, 5) is 15.6. The van der Waals surface area contributed by atoms with Crippen molar-refractivity contribution in [3.63, 3.8) is 0 Å². The zero-order valence-electron chi connectivity index (χ0n) is 10.4. The van der Waals surface area contributed by atoms with Gasteiger partial charge in [0.05, 0.1) is 22.2 Å². The standard InChI is InChI=1S/C12H12ClN3O2S/c1-7-12(19-6-14-7)8(2)15-9-3-4-10(13)11(5-9)16(17)18/h3-6,8,15H,1-2H3. The lowest BCUT2D eigenvalue weighted by atomic mass is 10.2. The lowest BCUT2D eigenvalue weighted by Crippen LogP contribution is -2.06. The maximum Gasteiger partial charge on any atom is 0.289 e. The molecule has 0 aliphatic rings. The second kappa shape index (κ2) is 5.54. The third kappa shape index (κ3) is 3.02. The summed E-state index contributed by atoms with van der Waals surface area (Å²) in [5.41, 5.74) is 3.32. The summed E-state index contributed by atoms with van der Waals surface area (Å²) in [6.45, 7) is 3.93. The summed E-state index contributed by atoms with van der Waals surface area (Å²) >= 11 is 7.33. The number of nitrogens with one attached hydrogen (secondary N) is 1. The smallest absolute Gasteiger partial charge is 0.289 e. The van der Waals surface area contributed by atoms with Crippen LogP contribution in [0, 0.1) is 17.0 Å². The minimum atomic E-state index is -0.490. The number of hydrogen-bond donors (Lipinski definition) is 1. The van der Waals surface area contributed by atoms with Crippen molar-refractivity contribution in [1.82, 2.24) is 4.98 Å². The lowest BCUT2D eigenvalue weighted by Gasteiger charge is -2.14. The van der Waals surface area contributed by atoms with Crippen LogP contribution in [-0.4, -0.2) is 9.91 Å². The summed E-state index contributed by atoms with van der Waals surface area (Å²) < 4.78 is 0. The van der Waals surface area contributed by atoms with Gasteiger partial charge in [0.25, 0.3) is 5.69 Å². The van der Waals surface area contributed by atoms with Crippen molar-refractivity contribution in [3.8, 4) is 0 Å². The summed E-state index contributed by atoms with van der Waals surface area (Å²) in [5.74, 6) is 0. The Balaban J connectivity index is 2.22. The van der Waals surface area contributed by atoms with Crippen LogP contribution < -0.4 is 5.32 Å². The van der Waals surface area contributed by atoms with Crippen molar-refractivity contribution >= 4 is 34.3 Å². The van der Waals surface area contributed by atoms with Crippen LogP contribution >= 0.6 is 22.9 Å². The van der Waals surface area contributed by atoms with Crippen molar-refractivity contribution in [1.29, 1.82) is 0 Å². The summed E-state index contributed by atoms with van der Waals surface area (Å²) in [7, 11) is 0. The third-order valence-corrected chi connectivity index (χ3v) is 4.14. The molecule has 0 saturated carbocycles. The van der Waals surface area contributed by atoms with Crippen LogP contribution in [0.1, 0.15) is 23.5 Å². The fourth-order valence-corrected chi connectivity index (χ4v) is 2.78. The van der Waals surface area contributed by atoms with E-state index in [1.54, 1.807) is 22.9 Å². The third-order valence-electron chi connectivity index (χ3n) is 2.70. The lowest BCUT2D eigenvalue weighted by molar-refractivity contribution is -0.384. The van der Waals surface area contributed by atoms with E-state index < -0.39 is 4.92 Å². The highest BCUT2D eigenvalue weighted by molar-refractivity contribution is 7.09. The SMILES string of the molecule is Cc1ncsc1C(C)Nc1ccc(Cl)c([N+](=O)[O-])c1. The highest BCUT2D eigenvalue weighted by Gasteiger charge is 2.15. The molecule has 1 unspecified atom stereocenters. The van der Waals surface area contributed by atoms with Crippen LogP contribution in [0.2, 0.25) is 5.02 Å². The molecule has 1 N–H and O–H groups in total. The Morgan fingerprint density at radius 3 is 2.84 bits per heavy atom. The highest BCUT2D eigenvalue weighted by atomic mass is 35.5. The Morgan fingerprint density at radius 1 is 1.53 bits per heavy atom. The molecule has 19 heavy (non-hydrogen) atoms. The monoisotopic (exact) mass is 297 g/mol. The molecule has 5 nitrogen and oxygen atoms in total. The van der Waals surface area contributed by atoms with E-state index in [1.165, 1.54) is 12.1 Å². The van der Waals surface area contributed by atoms with Crippen molar-refractivity contribution < 1.29 is 4.92 Å². The number of benzene rings is 1. The maximum atomic E-state index is 10.8. The van der Waals surface area contributed by atoms with Crippen molar-refractivity contribution in [3.05, 3.63) is 49.4 Å². The van der Waals surface area contributed by atoms with Crippen molar-refractivity contribution in [2.24, 2.45) is 0 Å². The first kappa shape index (κ1) is 13.8. The predicted molar refractivity (Wildman–Crippen MR) is 77.0 cm³/mol. The van der Waals surface area contributed by atoms with E-state index in [0.717, 1.165) is 10.6 Å². The number of nitro groups is 1. The molecule has 7 heteroatoms. The van der Waals surface area contributed by atoms with Crippen LogP contribution in [0.25, 0.3) is 0 Å². The Kier molecular flexibility index (Phi) is 4.01. The number of rotatable bonds is 4. The minimum absolute atomic E-state index is 0.0354. The van der Waals surface area contributed by atoms with E-state index in [-0.39, 0.29) is 16.8 Å². The number of nitro benzene ring substituents is 1. The van der Waals surface area contributed by atoms with Gasteiger partial charge in [0.2, 0.25) is 0 Å². The van der Waals surface area contributed by atoms with E-state index in [4.69, 9.17) is 11.6 Å². The first-order valence-corrected chi connectivity index (χ1v) is 6.85. The normalized spacial score (nSPS) is 12.2. The van der Waals surface area contributed by atoms with Crippen molar-refractivity contribution in [2.75, 3.05) is 5.32 Å². The molecular weight excluding hydrogens is 286 g/mol. The Bertz CT molecular complexity index is 615. The highest BCUT2D eigenvalue weighted by Crippen LogP contribution is 2.30. The molecule has 0 bridgehead atoms. The molecule has 0 saturated heterocycles. The van der Waals surface area contributed by atoms with Gasteiger partial charge in [-0.05, 0) is 26.0 Å². The van der Waals surface area contributed by atoms with Crippen molar-refractivity contribution in [2.45, 2.75) is 19.9 Å². The van der Waals surface area contributed by atoms with E-state index in [9.17, 15) is 10.1 Å². The van der Waals surface area contributed by atoms with Gasteiger partial charge in [0, 0.05) is 16.6 Å². The van der Waals surface area contributed by atoms with Gasteiger partial charge in [-0.25, -0.2) is 4.98 Å². The summed E-state index contributed by atoms with van der Waals surface area (Å²) in [5, 5.41) is 14.2. The van der Waals surface area contributed by atoms with Gasteiger partial charge in [-0.2, -0.15) is 0 Å². The summed E-state index contributed by atoms with van der Waals surface area (Å²) in [6, 6.07) is 4.72. The van der Waals surface area contributed by atoms with Crippen LogP contribution in [0.4, 0.5) is 11.4 Å². The van der Waals surface area contributed by atoms with Crippen LogP contribution in [0.15, 0.2) is 23.7 Å². The van der Waals surface area contributed by atoms with Gasteiger partial charge in [0.15, 0.2) is 0 Å². The van der Waals surface area contributed by atoms with Crippen LogP contribution in [0.5, 0.6) is 0 Å². The second-order valence-corrected chi connectivity index (χ2v) is 5.38. The quantitative estimate of drug-likeness (QED) is 0.679. The number of aromatic nitrogens is 1. The maximum absolute atomic E-state index is 10.8. The Hall–Kier alpha value is -1.66. The zero-order valence-corrected chi connectivity index (χ0v) is 12.0. The molecule has 0 fully saturated rings. The van der Waals surface area contributed by atoms with Crippen LogP contribution in [0.3, 0.4) is 0 Å². The van der Waals surface area contributed by atoms with Gasteiger partial charge in [-0.15, -0.1) is 11.3 Å². The molecule has 0 amide bonds. The molecule has 0 radical (unpaired) electrons. The Labute approximate surface area is 119 Å². The van der Waals surface area contributed by atoms with Gasteiger partial charge in [-0.1, -0.05) is 11.6 Å². The predicted octanol–water partition coefficient (Wildman–Crippen LogP) is 4.19. The van der Waals surface area contributed by atoms with E-state index in [1.807, 2.05) is 13.8 Å². The molecule has 1 heterocycles. The molecule has 0 spiro atoms. The zero-order chi connectivity index (χ0) is 14.0. The minimum Gasteiger partial charge on any atom is -0.377 e. The Morgan fingerprint density at radius 2 is 2.26 bits per heavy atom. The number of anilines is 1. The number of thiazole rings is 1. The average molecular weight is 298 g/mol. The molecule has 100 valence electrons. The molecule has 0 aliphatic carbocycles. The molecule has 2 aromatic rings. The van der Waals surface area contributed by atoms with E-state index in [0.29, 0.717) is 5.69 Å². The van der Waals surface area contributed by atoms with Gasteiger partial charge in [-0.3, -0.25) is 10.1 Å². The number of nitrogens with zero attached hydrogens (tertiary/aromatic N) is 2. The fourth-order valence-electron chi connectivity index (χ4n) is 1.78. The first-order chi connectivity index (χ1) is 8.99. The number of halogens is 1. The second-order valence-electron chi connectivity index (χ2n) is 4.09.